The Morgan fingerprint density at radius 2 is 1.84 bits per heavy atom. The highest BCUT2D eigenvalue weighted by atomic mass is 16.5. The van der Waals surface area contributed by atoms with Crippen LogP contribution in [-0.2, 0) is 14.3 Å². The first kappa shape index (κ1) is 23.5. The van der Waals surface area contributed by atoms with Gasteiger partial charge in [0.1, 0.15) is 5.75 Å². The lowest BCUT2D eigenvalue weighted by Crippen LogP contribution is -2.60. The van der Waals surface area contributed by atoms with Gasteiger partial charge in [0.2, 0.25) is 11.8 Å². The third-order valence-electron chi connectivity index (χ3n) is 6.26. The first-order chi connectivity index (χ1) is 15.0. The van der Waals surface area contributed by atoms with Crippen molar-refractivity contribution < 1.29 is 19.1 Å². The van der Waals surface area contributed by atoms with E-state index >= 15 is 0 Å². The van der Waals surface area contributed by atoms with Crippen LogP contribution >= 0.6 is 0 Å². The molecule has 1 aromatic carbocycles. The van der Waals surface area contributed by atoms with Gasteiger partial charge in [0.25, 0.3) is 0 Å². The van der Waals surface area contributed by atoms with Crippen molar-refractivity contribution in [1.82, 2.24) is 15.1 Å². The highest BCUT2D eigenvalue weighted by Crippen LogP contribution is 2.33. The van der Waals surface area contributed by atoms with Gasteiger partial charge in [-0.1, -0.05) is 25.3 Å². The van der Waals surface area contributed by atoms with Crippen LogP contribution in [0.25, 0.3) is 0 Å². The molecule has 1 saturated carbocycles. The zero-order valence-electron chi connectivity index (χ0n) is 18.8. The van der Waals surface area contributed by atoms with E-state index in [1.165, 1.54) is 19.3 Å². The maximum Gasteiger partial charge on any atom is 0.238 e. The number of carbonyl (C=O) groups excluding carboxylic acids is 2. The van der Waals surface area contributed by atoms with Crippen LogP contribution in [-0.4, -0.2) is 87.2 Å². The van der Waals surface area contributed by atoms with Crippen molar-refractivity contribution >= 4 is 17.5 Å². The minimum absolute atomic E-state index is 0.0417. The summed E-state index contributed by atoms with van der Waals surface area (Å²) >= 11 is 0. The van der Waals surface area contributed by atoms with E-state index in [9.17, 15) is 9.59 Å². The highest BCUT2D eigenvalue weighted by molar-refractivity contribution is 5.92. The Bertz CT molecular complexity index is 730. The topological polar surface area (TPSA) is 83.1 Å². The van der Waals surface area contributed by atoms with E-state index in [2.05, 4.69) is 15.5 Å². The average molecular weight is 433 g/mol. The number of likely N-dealkylation sites (N-methyl/N-ethyl adjacent to an activating group) is 1. The monoisotopic (exact) mass is 432 g/mol. The number of carbonyl (C=O) groups is 2. The standard InChI is InChI=1S/C23H36N4O4/c1-26(17-22(29)25-19-7-6-8-20(15-19)30-2)16-21(28)24-18-23(9-4-3-5-10-23)27-11-13-31-14-12-27/h6-8,15H,3-5,9-14,16-18H2,1-2H3,(H,24,28)(H,25,29). The lowest BCUT2D eigenvalue weighted by atomic mass is 9.79. The first-order valence-corrected chi connectivity index (χ1v) is 11.2. The van der Waals surface area contributed by atoms with Gasteiger partial charge in [-0.05, 0) is 32.0 Å². The van der Waals surface area contributed by atoms with Gasteiger partial charge in [-0.3, -0.25) is 19.4 Å². The summed E-state index contributed by atoms with van der Waals surface area (Å²) in [5.41, 5.74) is 0.715. The molecule has 2 N–H and O–H groups in total. The number of methoxy groups -OCH3 is 1. The van der Waals surface area contributed by atoms with Crippen molar-refractivity contribution in [1.29, 1.82) is 0 Å². The SMILES string of the molecule is COc1cccc(NC(=O)CN(C)CC(=O)NCC2(N3CCOCC3)CCCCC2)c1. The van der Waals surface area contributed by atoms with Crippen LogP contribution < -0.4 is 15.4 Å². The molecular formula is C23H36N4O4. The van der Waals surface area contributed by atoms with Crippen molar-refractivity contribution in [3.8, 4) is 5.75 Å². The number of nitrogens with zero attached hydrogens (tertiary/aromatic N) is 2. The molecule has 2 amide bonds. The summed E-state index contributed by atoms with van der Waals surface area (Å²) in [6.07, 6.45) is 5.92. The van der Waals surface area contributed by atoms with Gasteiger partial charge in [-0.25, -0.2) is 0 Å². The lowest BCUT2D eigenvalue weighted by Gasteiger charge is -2.48. The van der Waals surface area contributed by atoms with Crippen molar-refractivity contribution in [3.63, 3.8) is 0 Å². The third kappa shape index (κ3) is 6.92. The Labute approximate surface area is 185 Å². The fraction of sp³-hybridized carbons (Fsp3) is 0.652. The molecule has 1 aliphatic carbocycles. The van der Waals surface area contributed by atoms with Crippen LogP contribution in [0.15, 0.2) is 24.3 Å². The van der Waals surface area contributed by atoms with E-state index in [-0.39, 0.29) is 30.4 Å². The van der Waals surface area contributed by atoms with Crippen molar-refractivity contribution in [2.75, 3.05) is 65.4 Å². The molecule has 3 rings (SSSR count). The van der Waals surface area contributed by atoms with Crippen LogP contribution in [0.3, 0.4) is 0 Å². The van der Waals surface area contributed by atoms with E-state index in [0.29, 0.717) is 18.0 Å². The van der Waals surface area contributed by atoms with Crippen molar-refractivity contribution in [2.24, 2.45) is 0 Å². The summed E-state index contributed by atoms with van der Waals surface area (Å²) in [5.74, 6) is 0.470. The predicted molar refractivity (Wildman–Crippen MR) is 120 cm³/mol. The summed E-state index contributed by atoms with van der Waals surface area (Å²) in [7, 11) is 3.37. The van der Waals surface area contributed by atoms with E-state index in [0.717, 1.165) is 39.1 Å². The van der Waals surface area contributed by atoms with Gasteiger partial charge < -0.3 is 20.1 Å². The molecule has 172 valence electrons. The van der Waals surface area contributed by atoms with Gasteiger partial charge in [0.15, 0.2) is 0 Å². The van der Waals surface area contributed by atoms with Crippen LogP contribution in [0.4, 0.5) is 5.69 Å². The van der Waals surface area contributed by atoms with Gasteiger partial charge in [0.05, 0.1) is 33.4 Å². The smallest absolute Gasteiger partial charge is 0.238 e. The van der Waals surface area contributed by atoms with Crippen molar-refractivity contribution in [3.05, 3.63) is 24.3 Å². The van der Waals surface area contributed by atoms with E-state index in [4.69, 9.17) is 9.47 Å². The number of hydrogen-bond donors (Lipinski definition) is 2. The number of anilines is 1. The molecule has 31 heavy (non-hydrogen) atoms. The molecule has 0 spiro atoms. The largest absolute Gasteiger partial charge is 0.497 e. The molecule has 0 aromatic heterocycles. The van der Waals surface area contributed by atoms with Crippen LogP contribution in [0.2, 0.25) is 0 Å². The fourth-order valence-corrected chi connectivity index (χ4v) is 4.62. The Morgan fingerprint density at radius 1 is 1.13 bits per heavy atom. The summed E-state index contributed by atoms with van der Waals surface area (Å²) in [6.45, 7) is 4.38. The van der Waals surface area contributed by atoms with Crippen LogP contribution in [0, 0.1) is 0 Å². The molecule has 1 heterocycles. The first-order valence-electron chi connectivity index (χ1n) is 11.2. The van der Waals surface area contributed by atoms with E-state index < -0.39 is 0 Å². The molecule has 0 radical (unpaired) electrons. The number of amides is 2. The fourth-order valence-electron chi connectivity index (χ4n) is 4.62. The number of morpholine rings is 1. The van der Waals surface area contributed by atoms with Crippen LogP contribution in [0.1, 0.15) is 32.1 Å². The molecule has 8 heteroatoms. The Kier molecular flexibility index (Phi) is 8.69. The molecule has 1 aliphatic heterocycles. The minimum Gasteiger partial charge on any atom is -0.497 e. The lowest BCUT2D eigenvalue weighted by molar-refractivity contribution is -0.124. The van der Waals surface area contributed by atoms with Gasteiger partial charge in [0, 0.05) is 36.9 Å². The average Bonchev–Trinajstić information content (AvgIpc) is 2.79. The van der Waals surface area contributed by atoms with Crippen molar-refractivity contribution in [2.45, 2.75) is 37.6 Å². The summed E-state index contributed by atoms with van der Waals surface area (Å²) < 4.78 is 10.7. The molecule has 1 saturated heterocycles. The Morgan fingerprint density at radius 3 is 2.55 bits per heavy atom. The zero-order valence-corrected chi connectivity index (χ0v) is 18.8. The van der Waals surface area contributed by atoms with E-state index in [1.807, 2.05) is 18.2 Å². The Balaban J connectivity index is 1.45. The number of benzene rings is 1. The normalized spacial score (nSPS) is 19.1. The molecule has 0 atom stereocenters. The number of hydrogen-bond acceptors (Lipinski definition) is 6. The maximum absolute atomic E-state index is 12.6. The van der Waals surface area contributed by atoms with Gasteiger partial charge >= 0.3 is 0 Å². The summed E-state index contributed by atoms with van der Waals surface area (Å²) in [6, 6.07) is 7.21. The second-order valence-corrected chi connectivity index (χ2v) is 8.61. The second-order valence-electron chi connectivity index (χ2n) is 8.61. The Hall–Kier alpha value is -2.16. The van der Waals surface area contributed by atoms with Crippen LogP contribution in [0.5, 0.6) is 5.75 Å². The molecule has 2 fully saturated rings. The molecule has 8 nitrogen and oxygen atoms in total. The maximum atomic E-state index is 12.6. The predicted octanol–water partition coefficient (Wildman–Crippen LogP) is 1.72. The third-order valence-corrected chi connectivity index (χ3v) is 6.26. The van der Waals surface area contributed by atoms with Gasteiger partial charge in [-0.2, -0.15) is 0 Å². The molecular weight excluding hydrogens is 396 g/mol. The zero-order chi connectivity index (χ0) is 22.1. The molecule has 1 aromatic rings. The second kappa shape index (κ2) is 11.5. The summed E-state index contributed by atoms with van der Waals surface area (Å²) in [5, 5.41) is 5.99. The quantitative estimate of drug-likeness (QED) is 0.618. The summed E-state index contributed by atoms with van der Waals surface area (Å²) in [4.78, 5) is 29.2. The number of ether oxygens (including phenoxy) is 2. The van der Waals surface area contributed by atoms with E-state index in [1.54, 1.807) is 25.1 Å². The number of nitrogens with one attached hydrogen (secondary N) is 2. The minimum atomic E-state index is -0.166. The highest BCUT2D eigenvalue weighted by Gasteiger charge is 2.38. The van der Waals surface area contributed by atoms with Gasteiger partial charge in [-0.15, -0.1) is 0 Å². The molecule has 2 aliphatic rings. The molecule has 0 unspecified atom stereocenters. The number of rotatable bonds is 9. The molecule has 0 bridgehead atoms.